The molecule has 0 bridgehead atoms. The molecular formula is C20H42OS2. The molecule has 0 spiro atoms. The Morgan fingerprint density at radius 1 is 0.478 bits per heavy atom. The Hall–Kier alpha value is 0.660. The van der Waals surface area contributed by atoms with Crippen molar-refractivity contribution < 1.29 is 4.74 Å². The molecule has 1 nitrogen and oxygen atoms in total. The lowest BCUT2D eigenvalue weighted by molar-refractivity contribution is 0.167. The molecule has 0 aromatic heterocycles. The second-order valence-corrected chi connectivity index (χ2v) is 8.82. The van der Waals surface area contributed by atoms with Crippen LogP contribution in [-0.2, 0) is 4.74 Å². The van der Waals surface area contributed by atoms with E-state index in [-0.39, 0.29) is 0 Å². The van der Waals surface area contributed by atoms with Crippen LogP contribution in [0.2, 0.25) is 0 Å². The molecule has 0 rings (SSSR count). The van der Waals surface area contributed by atoms with Crippen molar-refractivity contribution in [3.63, 3.8) is 0 Å². The molecule has 0 aromatic rings. The highest BCUT2D eigenvalue weighted by molar-refractivity contribution is 7.99. The molecule has 0 radical (unpaired) electrons. The number of ether oxygens (including phenoxy) is 1. The highest BCUT2D eigenvalue weighted by Crippen LogP contribution is 2.11. The van der Waals surface area contributed by atoms with Crippen molar-refractivity contribution in [2.45, 2.75) is 90.9 Å². The van der Waals surface area contributed by atoms with Gasteiger partial charge in [-0.05, 0) is 24.3 Å². The second kappa shape index (κ2) is 22.7. The van der Waals surface area contributed by atoms with E-state index in [1.165, 1.54) is 100 Å². The summed E-state index contributed by atoms with van der Waals surface area (Å²) in [6.07, 6.45) is 16.9. The molecule has 0 fully saturated rings. The molecule has 0 amide bonds. The highest BCUT2D eigenvalue weighted by atomic mass is 32.2. The molecule has 23 heavy (non-hydrogen) atoms. The lowest BCUT2D eigenvalue weighted by atomic mass is 10.1. The molecule has 0 aliphatic carbocycles. The number of rotatable bonds is 20. The Bertz CT molecular complexity index is 180. The summed E-state index contributed by atoms with van der Waals surface area (Å²) in [7, 11) is 0. The van der Waals surface area contributed by atoms with E-state index in [1.54, 1.807) is 0 Å². The van der Waals surface area contributed by atoms with Crippen LogP contribution < -0.4 is 0 Å². The van der Waals surface area contributed by atoms with Gasteiger partial charge < -0.3 is 4.74 Å². The van der Waals surface area contributed by atoms with Crippen LogP contribution >= 0.6 is 23.5 Å². The largest absolute Gasteiger partial charge is 0.380 e. The summed E-state index contributed by atoms with van der Waals surface area (Å²) in [5, 5.41) is 0. The summed E-state index contributed by atoms with van der Waals surface area (Å²) in [6.45, 7) is 6.45. The van der Waals surface area contributed by atoms with E-state index in [2.05, 4.69) is 37.4 Å². The summed E-state index contributed by atoms with van der Waals surface area (Å²) in [4.78, 5) is 0. The molecule has 0 saturated heterocycles. The minimum Gasteiger partial charge on any atom is -0.380 e. The van der Waals surface area contributed by atoms with E-state index >= 15 is 0 Å². The first-order chi connectivity index (χ1) is 11.4. The Morgan fingerprint density at radius 2 is 0.870 bits per heavy atom. The maximum absolute atomic E-state index is 5.71. The van der Waals surface area contributed by atoms with Gasteiger partial charge in [0.05, 0.1) is 13.2 Å². The lowest BCUT2D eigenvalue weighted by Crippen LogP contribution is -2.02. The van der Waals surface area contributed by atoms with Gasteiger partial charge in [-0.3, -0.25) is 0 Å². The molecule has 3 heteroatoms. The van der Waals surface area contributed by atoms with Crippen molar-refractivity contribution in [2.75, 3.05) is 36.2 Å². The standard InChI is InChI=1S/C20H42OS2/c1-3-5-7-9-11-13-17-22-19-15-21-16-20-23-18-14-12-10-8-6-4-2/h3-20H2,1-2H3. The van der Waals surface area contributed by atoms with Gasteiger partial charge in [0.15, 0.2) is 0 Å². The molecule has 0 heterocycles. The van der Waals surface area contributed by atoms with Crippen molar-refractivity contribution >= 4 is 23.5 Å². The summed E-state index contributed by atoms with van der Waals surface area (Å²) in [6, 6.07) is 0. The van der Waals surface area contributed by atoms with E-state index in [9.17, 15) is 0 Å². The van der Waals surface area contributed by atoms with Gasteiger partial charge in [-0.1, -0.05) is 78.1 Å². The van der Waals surface area contributed by atoms with Crippen molar-refractivity contribution in [1.82, 2.24) is 0 Å². The van der Waals surface area contributed by atoms with E-state index in [0.717, 1.165) is 13.2 Å². The predicted octanol–water partition coefficient (Wildman–Crippen LogP) is 7.19. The first-order valence-corrected chi connectivity index (χ1v) is 12.5. The molecular weight excluding hydrogens is 320 g/mol. The van der Waals surface area contributed by atoms with Gasteiger partial charge in [-0.2, -0.15) is 23.5 Å². The molecule has 0 saturated carbocycles. The Morgan fingerprint density at radius 3 is 1.30 bits per heavy atom. The third-order valence-electron chi connectivity index (χ3n) is 4.03. The maximum atomic E-state index is 5.71. The maximum Gasteiger partial charge on any atom is 0.0557 e. The van der Waals surface area contributed by atoms with Crippen molar-refractivity contribution in [2.24, 2.45) is 0 Å². The smallest absolute Gasteiger partial charge is 0.0557 e. The third kappa shape index (κ3) is 22.7. The molecule has 0 N–H and O–H groups in total. The van der Waals surface area contributed by atoms with Crippen LogP contribution in [0.15, 0.2) is 0 Å². The summed E-state index contributed by atoms with van der Waals surface area (Å²) in [5.74, 6) is 5.00. The Balaban J connectivity index is 2.92. The van der Waals surface area contributed by atoms with E-state index in [0.29, 0.717) is 0 Å². The Labute approximate surface area is 155 Å². The summed E-state index contributed by atoms with van der Waals surface area (Å²) < 4.78 is 5.71. The zero-order chi connectivity index (χ0) is 16.8. The van der Waals surface area contributed by atoms with E-state index < -0.39 is 0 Å². The topological polar surface area (TPSA) is 9.23 Å². The fraction of sp³-hybridized carbons (Fsp3) is 1.00. The van der Waals surface area contributed by atoms with Crippen molar-refractivity contribution in [3.8, 4) is 0 Å². The van der Waals surface area contributed by atoms with E-state index in [4.69, 9.17) is 4.74 Å². The van der Waals surface area contributed by atoms with Crippen molar-refractivity contribution in [3.05, 3.63) is 0 Å². The SMILES string of the molecule is CCCCCCCCSCCOCCSCCCCCCCC. The van der Waals surface area contributed by atoms with Crippen LogP contribution in [0.4, 0.5) is 0 Å². The molecule has 0 aromatic carbocycles. The second-order valence-electron chi connectivity index (χ2n) is 6.37. The first-order valence-electron chi connectivity index (χ1n) is 10.1. The van der Waals surface area contributed by atoms with Gasteiger partial charge in [-0.15, -0.1) is 0 Å². The van der Waals surface area contributed by atoms with Crippen LogP contribution in [0, 0.1) is 0 Å². The van der Waals surface area contributed by atoms with Crippen LogP contribution in [0.5, 0.6) is 0 Å². The predicted molar refractivity (Wildman–Crippen MR) is 112 cm³/mol. The minimum atomic E-state index is 0.943. The van der Waals surface area contributed by atoms with Gasteiger partial charge in [0, 0.05) is 11.5 Å². The van der Waals surface area contributed by atoms with Gasteiger partial charge in [0.25, 0.3) is 0 Å². The average Bonchev–Trinajstić information content (AvgIpc) is 2.57. The van der Waals surface area contributed by atoms with Crippen LogP contribution in [-0.4, -0.2) is 36.2 Å². The number of unbranched alkanes of at least 4 members (excludes halogenated alkanes) is 10. The van der Waals surface area contributed by atoms with E-state index in [1.807, 2.05) is 0 Å². The number of hydrogen-bond donors (Lipinski definition) is 0. The zero-order valence-corrected chi connectivity index (χ0v) is 17.6. The Kier molecular flexibility index (Phi) is 23.3. The van der Waals surface area contributed by atoms with Gasteiger partial charge in [0.1, 0.15) is 0 Å². The first kappa shape index (κ1) is 23.7. The summed E-state index contributed by atoms with van der Waals surface area (Å²) in [5.41, 5.74) is 0. The molecule has 0 unspecified atom stereocenters. The number of hydrogen-bond acceptors (Lipinski definition) is 3. The van der Waals surface area contributed by atoms with Gasteiger partial charge >= 0.3 is 0 Å². The monoisotopic (exact) mass is 362 g/mol. The lowest BCUT2D eigenvalue weighted by Gasteiger charge is -2.05. The third-order valence-corrected chi connectivity index (χ3v) is 6.09. The average molecular weight is 363 g/mol. The fourth-order valence-electron chi connectivity index (χ4n) is 2.51. The molecule has 140 valence electrons. The van der Waals surface area contributed by atoms with Gasteiger partial charge in [-0.25, -0.2) is 0 Å². The highest BCUT2D eigenvalue weighted by Gasteiger charge is 1.94. The van der Waals surface area contributed by atoms with Gasteiger partial charge in [0.2, 0.25) is 0 Å². The summed E-state index contributed by atoms with van der Waals surface area (Å²) >= 11 is 4.13. The fourth-order valence-corrected chi connectivity index (χ4v) is 4.21. The van der Waals surface area contributed by atoms with Crippen molar-refractivity contribution in [1.29, 1.82) is 0 Å². The zero-order valence-electron chi connectivity index (χ0n) is 16.0. The van der Waals surface area contributed by atoms with Crippen LogP contribution in [0.3, 0.4) is 0 Å². The van der Waals surface area contributed by atoms with Crippen LogP contribution in [0.1, 0.15) is 90.9 Å². The molecule has 0 atom stereocenters. The van der Waals surface area contributed by atoms with Crippen LogP contribution in [0.25, 0.3) is 0 Å². The number of thioether (sulfide) groups is 2. The minimum absolute atomic E-state index is 0.943. The normalized spacial score (nSPS) is 11.2. The molecule has 0 aliphatic rings. The molecule has 0 aliphatic heterocycles. The quantitative estimate of drug-likeness (QED) is 0.212.